The molecule has 0 radical (unpaired) electrons. The molecule has 0 aliphatic heterocycles. The van der Waals surface area contributed by atoms with Gasteiger partial charge in [0.25, 0.3) is 0 Å². The molecule has 0 N–H and O–H groups in total. The average Bonchev–Trinajstić information content (AvgIpc) is 2.81. The van der Waals surface area contributed by atoms with Crippen LogP contribution in [0.1, 0.15) is 10.4 Å². The zero-order chi connectivity index (χ0) is 13.8. The third-order valence-corrected chi connectivity index (χ3v) is 3.46. The second kappa shape index (κ2) is 5.88. The summed E-state index contributed by atoms with van der Waals surface area (Å²) in [5.74, 6) is -0.0233. The standard InChI is InChI=1S/C13H13FN2O2S/c1-16-7-10(6-15-16)19-8-12(17)11-5-9(14)3-4-13(11)18-2/h3-7H,8H2,1-2H3. The van der Waals surface area contributed by atoms with Crippen LogP contribution in [-0.2, 0) is 7.05 Å². The van der Waals surface area contributed by atoms with Crippen molar-refractivity contribution < 1.29 is 13.9 Å². The summed E-state index contributed by atoms with van der Waals surface area (Å²) in [7, 11) is 3.26. The number of benzene rings is 1. The molecule has 0 unspecified atom stereocenters. The number of nitrogens with zero attached hydrogens (tertiary/aromatic N) is 2. The molecule has 0 saturated carbocycles. The lowest BCUT2D eigenvalue weighted by molar-refractivity contribution is 0.101. The Balaban J connectivity index is 2.09. The highest BCUT2D eigenvalue weighted by atomic mass is 32.2. The van der Waals surface area contributed by atoms with Gasteiger partial charge in [-0.25, -0.2) is 4.39 Å². The molecule has 0 spiro atoms. The molecular formula is C13H13FN2O2S. The third-order valence-electron chi connectivity index (χ3n) is 2.51. The van der Waals surface area contributed by atoms with Crippen LogP contribution in [0, 0.1) is 5.82 Å². The van der Waals surface area contributed by atoms with E-state index in [1.165, 1.54) is 37.1 Å². The largest absolute Gasteiger partial charge is 0.496 e. The molecule has 0 fully saturated rings. The van der Waals surface area contributed by atoms with E-state index in [4.69, 9.17) is 4.74 Å². The number of carbonyl (C=O) groups excluding carboxylic acids is 1. The predicted octanol–water partition coefficient (Wildman–Crippen LogP) is 2.54. The molecule has 0 aliphatic carbocycles. The van der Waals surface area contributed by atoms with Crippen molar-refractivity contribution in [3.63, 3.8) is 0 Å². The summed E-state index contributed by atoms with van der Waals surface area (Å²) in [5.41, 5.74) is 0.263. The fraction of sp³-hybridized carbons (Fsp3) is 0.231. The predicted molar refractivity (Wildman–Crippen MR) is 71.2 cm³/mol. The van der Waals surface area contributed by atoms with Crippen LogP contribution in [0.25, 0.3) is 0 Å². The zero-order valence-corrected chi connectivity index (χ0v) is 11.4. The van der Waals surface area contributed by atoms with E-state index >= 15 is 0 Å². The van der Waals surface area contributed by atoms with Gasteiger partial charge < -0.3 is 4.74 Å². The van der Waals surface area contributed by atoms with Gasteiger partial charge in [-0.15, -0.1) is 11.8 Å². The molecule has 2 rings (SSSR count). The molecule has 1 heterocycles. The lowest BCUT2D eigenvalue weighted by Crippen LogP contribution is -2.05. The molecule has 0 saturated heterocycles. The van der Waals surface area contributed by atoms with E-state index in [0.717, 1.165) is 4.90 Å². The topological polar surface area (TPSA) is 44.1 Å². The number of halogens is 1. The number of hydrogen-bond donors (Lipinski definition) is 0. The van der Waals surface area contributed by atoms with Crippen LogP contribution in [0.4, 0.5) is 4.39 Å². The van der Waals surface area contributed by atoms with Crippen molar-refractivity contribution in [2.45, 2.75) is 4.90 Å². The number of Topliss-reactive ketones (excluding diaryl/α,β-unsaturated/α-hetero) is 1. The summed E-state index contributed by atoms with van der Waals surface area (Å²) in [6.07, 6.45) is 3.50. The maximum atomic E-state index is 13.2. The highest BCUT2D eigenvalue weighted by Crippen LogP contribution is 2.23. The number of carbonyl (C=O) groups is 1. The first-order chi connectivity index (χ1) is 9.10. The van der Waals surface area contributed by atoms with E-state index in [9.17, 15) is 9.18 Å². The fourth-order valence-electron chi connectivity index (χ4n) is 1.60. The SMILES string of the molecule is COc1ccc(F)cc1C(=O)CSc1cnn(C)c1. The second-order valence-electron chi connectivity index (χ2n) is 3.91. The van der Waals surface area contributed by atoms with E-state index < -0.39 is 5.82 Å². The van der Waals surface area contributed by atoms with Crippen molar-refractivity contribution in [3.05, 3.63) is 42.0 Å². The van der Waals surface area contributed by atoms with Crippen molar-refractivity contribution >= 4 is 17.5 Å². The van der Waals surface area contributed by atoms with Crippen LogP contribution in [0.3, 0.4) is 0 Å². The summed E-state index contributed by atoms with van der Waals surface area (Å²) in [5, 5.41) is 4.01. The number of hydrogen-bond acceptors (Lipinski definition) is 4. The summed E-state index contributed by atoms with van der Waals surface area (Å²) in [4.78, 5) is 13.0. The average molecular weight is 280 g/mol. The summed E-state index contributed by atoms with van der Waals surface area (Å²) in [6.45, 7) is 0. The Hall–Kier alpha value is -1.82. The van der Waals surface area contributed by atoms with Crippen molar-refractivity contribution in [1.29, 1.82) is 0 Å². The van der Waals surface area contributed by atoms with E-state index in [2.05, 4.69) is 5.10 Å². The van der Waals surface area contributed by atoms with Gasteiger partial charge in [-0.05, 0) is 18.2 Å². The quantitative estimate of drug-likeness (QED) is 0.623. The van der Waals surface area contributed by atoms with Crippen molar-refractivity contribution in [2.24, 2.45) is 7.05 Å². The molecular weight excluding hydrogens is 267 g/mol. The normalized spacial score (nSPS) is 10.5. The molecule has 19 heavy (non-hydrogen) atoms. The monoisotopic (exact) mass is 280 g/mol. The Labute approximate surface area is 114 Å². The number of aryl methyl sites for hydroxylation is 1. The van der Waals surface area contributed by atoms with E-state index in [-0.39, 0.29) is 17.1 Å². The zero-order valence-electron chi connectivity index (χ0n) is 10.6. The minimum Gasteiger partial charge on any atom is -0.496 e. The van der Waals surface area contributed by atoms with Gasteiger partial charge in [0.05, 0.1) is 24.6 Å². The minimum atomic E-state index is -0.449. The molecule has 0 amide bonds. The lowest BCUT2D eigenvalue weighted by atomic mass is 10.1. The van der Waals surface area contributed by atoms with Gasteiger partial charge in [0.2, 0.25) is 0 Å². The highest BCUT2D eigenvalue weighted by Gasteiger charge is 2.14. The lowest BCUT2D eigenvalue weighted by Gasteiger charge is -2.07. The van der Waals surface area contributed by atoms with Crippen molar-refractivity contribution in [3.8, 4) is 5.75 Å². The van der Waals surface area contributed by atoms with Gasteiger partial charge in [-0.1, -0.05) is 0 Å². The third kappa shape index (κ3) is 3.35. The Bertz CT molecular complexity index is 598. The smallest absolute Gasteiger partial charge is 0.176 e. The fourth-order valence-corrected chi connectivity index (χ4v) is 2.40. The van der Waals surface area contributed by atoms with Crippen LogP contribution in [-0.4, -0.2) is 28.4 Å². The van der Waals surface area contributed by atoms with Gasteiger partial charge in [-0.3, -0.25) is 9.48 Å². The Morgan fingerprint density at radius 3 is 2.95 bits per heavy atom. The number of methoxy groups -OCH3 is 1. The van der Waals surface area contributed by atoms with E-state index in [1.807, 2.05) is 13.2 Å². The van der Waals surface area contributed by atoms with Crippen molar-refractivity contribution in [1.82, 2.24) is 9.78 Å². The number of ketones is 1. The van der Waals surface area contributed by atoms with Gasteiger partial charge in [0.15, 0.2) is 5.78 Å². The number of thioether (sulfide) groups is 1. The van der Waals surface area contributed by atoms with Gasteiger partial charge in [0.1, 0.15) is 11.6 Å². The Kier molecular flexibility index (Phi) is 4.21. The maximum Gasteiger partial charge on any atom is 0.176 e. The maximum absolute atomic E-state index is 13.2. The molecule has 100 valence electrons. The molecule has 4 nitrogen and oxygen atoms in total. The Morgan fingerprint density at radius 2 is 2.32 bits per heavy atom. The number of rotatable bonds is 5. The first-order valence-corrected chi connectivity index (χ1v) is 6.57. The van der Waals surface area contributed by atoms with Crippen LogP contribution >= 0.6 is 11.8 Å². The minimum absolute atomic E-state index is 0.176. The molecule has 1 aromatic heterocycles. The van der Waals surface area contributed by atoms with E-state index in [0.29, 0.717) is 5.75 Å². The number of aromatic nitrogens is 2. The van der Waals surface area contributed by atoms with Crippen molar-refractivity contribution in [2.75, 3.05) is 12.9 Å². The van der Waals surface area contributed by atoms with E-state index in [1.54, 1.807) is 10.9 Å². The van der Waals surface area contributed by atoms with Crippen LogP contribution < -0.4 is 4.74 Å². The molecule has 1 aromatic carbocycles. The Morgan fingerprint density at radius 1 is 1.53 bits per heavy atom. The highest BCUT2D eigenvalue weighted by molar-refractivity contribution is 8.00. The van der Waals surface area contributed by atoms with Gasteiger partial charge in [0, 0.05) is 18.1 Å². The van der Waals surface area contributed by atoms with Crippen LogP contribution in [0.5, 0.6) is 5.75 Å². The summed E-state index contributed by atoms with van der Waals surface area (Å²) >= 11 is 1.36. The molecule has 0 aliphatic rings. The summed E-state index contributed by atoms with van der Waals surface area (Å²) in [6, 6.07) is 3.92. The first-order valence-electron chi connectivity index (χ1n) is 5.58. The van der Waals surface area contributed by atoms with Gasteiger partial charge in [-0.2, -0.15) is 5.10 Å². The molecule has 6 heteroatoms. The summed E-state index contributed by atoms with van der Waals surface area (Å²) < 4.78 is 19.9. The van der Waals surface area contributed by atoms with Crippen LogP contribution in [0.15, 0.2) is 35.5 Å². The van der Waals surface area contributed by atoms with Crippen LogP contribution in [0.2, 0.25) is 0 Å². The number of ether oxygens (including phenoxy) is 1. The first kappa shape index (κ1) is 13.6. The van der Waals surface area contributed by atoms with Gasteiger partial charge >= 0.3 is 0 Å². The molecule has 0 bridgehead atoms. The molecule has 0 atom stereocenters. The second-order valence-corrected chi connectivity index (χ2v) is 4.95. The molecule has 2 aromatic rings.